The monoisotopic (exact) mass is 278 g/mol. The second-order valence-electron chi connectivity index (χ2n) is 4.36. The standard InChI is InChI=1S/C14H18N2O4/c1-2-5-16(6-7-17)9-14(18)15-11-3-4-12-13(8-11)20-10-19-12/h2-4,8,17H,1,5-7,9-10H2,(H,15,18). The van der Waals surface area contributed by atoms with Gasteiger partial charge in [0.05, 0.1) is 13.2 Å². The lowest BCUT2D eigenvalue weighted by atomic mass is 10.2. The van der Waals surface area contributed by atoms with Crippen LogP contribution in [0.2, 0.25) is 0 Å². The molecular formula is C14H18N2O4. The lowest BCUT2D eigenvalue weighted by molar-refractivity contribution is -0.117. The van der Waals surface area contributed by atoms with Crippen LogP contribution in [0, 0.1) is 0 Å². The first-order chi connectivity index (χ1) is 9.72. The average Bonchev–Trinajstić information content (AvgIpc) is 2.86. The molecule has 6 nitrogen and oxygen atoms in total. The topological polar surface area (TPSA) is 71.0 Å². The van der Waals surface area contributed by atoms with E-state index in [9.17, 15) is 4.79 Å². The van der Waals surface area contributed by atoms with Gasteiger partial charge in [0.2, 0.25) is 12.7 Å². The first-order valence-corrected chi connectivity index (χ1v) is 6.36. The highest BCUT2D eigenvalue weighted by molar-refractivity contribution is 5.92. The minimum atomic E-state index is -0.154. The molecule has 1 amide bonds. The SMILES string of the molecule is C=CCN(CCO)CC(=O)Nc1ccc2c(c1)OCO2. The molecule has 0 unspecified atom stereocenters. The van der Waals surface area contributed by atoms with Crippen molar-refractivity contribution in [3.05, 3.63) is 30.9 Å². The zero-order valence-corrected chi connectivity index (χ0v) is 11.2. The summed E-state index contributed by atoms with van der Waals surface area (Å²) < 4.78 is 10.5. The highest BCUT2D eigenvalue weighted by Gasteiger charge is 2.15. The number of aliphatic hydroxyl groups is 1. The first-order valence-electron chi connectivity index (χ1n) is 6.36. The van der Waals surface area contributed by atoms with Crippen molar-refractivity contribution in [2.45, 2.75) is 0 Å². The van der Waals surface area contributed by atoms with Crippen LogP contribution in [0.3, 0.4) is 0 Å². The summed E-state index contributed by atoms with van der Waals surface area (Å²) in [5.74, 6) is 1.15. The Morgan fingerprint density at radius 1 is 1.45 bits per heavy atom. The van der Waals surface area contributed by atoms with E-state index in [1.807, 2.05) is 0 Å². The molecule has 20 heavy (non-hydrogen) atoms. The number of nitrogens with zero attached hydrogens (tertiary/aromatic N) is 1. The number of hydrogen-bond acceptors (Lipinski definition) is 5. The number of benzene rings is 1. The molecule has 0 radical (unpaired) electrons. The molecule has 2 N–H and O–H groups in total. The Morgan fingerprint density at radius 2 is 2.25 bits per heavy atom. The molecule has 6 heteroatoms. The summed E-state index contributed by atoms with van der Waals surface area (Å²) in [4.78, 5) is 13.7. The summed E-state index contributed by atoms with van der Waals surface area (Å²) in [6, 6.07) is 5.24. The number of ether oxygens (including phenoxy) is 2. The molecule has 1 aliphatic rings. The molecule has 0 saturated heterocycles. The van der Waals surface area contributed by atoms with E-state index in [1.165, 1.54) is 0 Å². The van der Waals surface area contributed by atoms with Crippen molar-refractivity contribution in [1.82, 2.24) is 4.90 Å². The fourth-order valence-corrected chi connectivity index (χ4v) is 1.94. The quantitative estimate of drug-likeness (QED) is 0.723. The molecule has 1 aromatic rings. The summed E-state index contributed by atoms with van der Waals surface area (Å²) in [5, 5.41) is 11.7. The number of carbonyl (C=O) groups excluding carboxylic acids is 1. The number of rotatable bonds is 7. The van der Waals surface area contributed by atoms with Crippen LogP contribution in [-0.4, -0.2) is 48.9 Å². The Labute approximate surface area is 117 Å². The van der Waals surface area contributed by atoms with Crippen molar-refractivity contribution >= 4 is 11.6 Å². The maximum Gasteiger partial charge on any atom is 0.238 e. The number of hydrogen-bond donors (Lipinski definition) is 2. The molecule has 1 aliphatic heterocycles. The van der Waals surface area contributed by atoms with Gasteiger partial charge in [0, 0.05) is 24.8 Å². The molecule has 0 spiro atoms. The van der Waals surface area contributed by atoms with Crippen LogP contribution in [0.25, 0.3) is 0 Å². The van der Waals surface area contributed by atoms with Gasteiger partial charge < -0.3 is 19.9 Å². The Morgan fingerprint density at radius 3 is 3.00 bits per heavy atom. The molecule has 0 aliphatic carbocycles. The van der Waals surface area contributed by atoms with Crippen LogP contribution < -0.4 is 14.8 Å². The highest BCUT2D eigenvalue weighted by atomic mass is 16.7. The van der Waals surface area contributed by atoms with Crippen LogP contribution >= 0.6 is 0 Å². The minimum Gasteiger partial charge on any atom is -0.454 e. The van der Waals surface area contributed by atoms with Gasteiger partial charge in [-0.2, -0.15) is 0 Å². The van der Waals surface area contributed by atoms with Crippen molar-refractivity contribution in [1.29, 1.82) is 0 Å². The summed E-state index contributed by atoms with van der Waals surface area (Å²) >= 11 is 0. The Hall–Kier alpha value is -2.05. The lowest BCUT2D eigenvalue weighted by Gasteiger charge is -2.18. The minimum absolute atomic E-state index is 0.00510. The summed E-state index contributed by atoms with van der Waals surface area (Å²) in [6.07, 6.45) is 1.70. The molecule has 2 rings (SSSR count). The first kappa shape index (κ1) is 14.4. The fraction of sp³-hybridized carbons (Fsp3) is 0.357. The van der Waals surface area contributed by atoms with E-state index in [2.05, 4.69) is 11.9 Å². The van der Waals surface area contributed by atoms with Gasteiger partial charge in [-0.25, -0.2) is 0 Å². The van der Waals surface area contributed by atoms with Crippen LogP contribution in [0.5, 0.6) is 11.5 Å². The van der Waals surface area contributed by atoms with Gasteiger partial charge in [0.25, 0.3) is 0 Å². The van der Waals surface area contributed by atoms with E-state index in [-0.39, 0.29) is 25.9 Å². The molecule has 1 heterocycles. The maximum absolute atomic E-state index is 11.9. The molecule has 1 aromatic carbocycles. The van der Waals surface area contributed by atoms with Crippen molar-refractivity contribution in [3.8, 4) is 11.5 Å². The van der Waals surface area contributed by atoms with Crippen molar-refractivity contribution in [3.63, 3.8) is 0 Å². The molecule has 0 fully saturated rings. The van der Waals surface area contributed by atoms with E-state index in [0.29, 0.717) is 30.3 Å². The zero-order valence-electron chi connectivity index (χ0n) is 11.2. The number of carbonyl (C=O) groups is 1. The van der Waals surface area contributed by atoms with Gasteiger partial charge in [-0.3, -0.25) is 9.69 Å². The van der Waals surface area contributed by atoms with Crippen LogP contribution in [0.1, 0.15) is 0 Å². The number of fused-ring (bicyclic) bond motifs is 1. The third-order valence-electron chi connectivity index (χ3n) is 2.83. The number of amides is 1. The molecule has 0 bridgehead atoms. The second kappa shape index (κ2) is 6.93. The van der Waals surface area contributed by atoms with Crippen LogP contribution in [0.15, 0.2) is 30.9 Å². The van der Waals surface area contributed by atoms with Crippen molar-refractivity contribution in [2.24, 2.45) is 0 Å². The number of aliphatic hydroxyl groups excluding tert-OH is 1. The van der Waals surface area contributed by atoms with Crippen LogP contribution in [0.4, 0.5) is 5.69 Å². The molecule has 0 atom stereocenters. The largest absolute Gasteiger partial charge is 0.454 e. The fourth-order valence-electron chi connectivity index (χ4n) is 1.94. The van der Waals surface area contributed by atoms with E-state index in [1.54, 1.807) is 29.2 Å². The highest BCUT2D eigenvalue weighted by Crippen LogP contribution is 2.34. The van der Waals surface area contributed by atoms with Gasteiger partial charge in [-0.15, -0.1) is 6.58 Å². The molecule has 0 saturated carbocycles. The van der Waals surface area contributed by atoms with Crippen molar-refractivity contribution < 1.29 is 19.4 Å². The second-order valence-corrected chi connectivity index (χ2v) is 4.36. The predicted octanol–water partition coefficient (Wildman–Crippen LogP) is 0.834. The van der Waals surface area contributed by atoms with Crippen molar-refractivity contribution in [2.75, 3.05) is 38.4 Å². The Bertz CT molecular complexity index is 490. The average molecular weight is 278 g/mol. The summed E-state index contributed by atoms with van der Waals surface area (Å²) in [7, 11) is 0. The normalized spacial score (nSPS) is 12.5. The third kappa shape index (κ3) is 3.72. The molecular weight excluding hydrogens is 260 g/mol. The lowest BCUT2D eigenvalue weighted by Crippen LogP contribution is -2.35. The number of anilines is 1. The van der Waals surface area contributed by atoms with Gasteiger partial charge in [-0.1, -0.05) is 6.08 Å². The Kier molecular flexibility index (Phi) is 4.97. The van der Waals surface area contributed by atoms with Crippen LogP contribution in [-0.2, 0) is 4.79 Å². The summed E-state index contributed by atoms with van der Waals surface area (Å²) in [5.41, 5.74) is 0.654. The molecule has 0 aromatic heterocycles. The Balaban J connectivity index is 1.91. The van der Waals surface area contributed by atoms with Gasteiger partial charge in [0.1, 0.15) is 0 Å². The molecule has 108 valence electrons. The van der Waals surface area contributed by atoms with Gasteiger partial charge in [0.15, 0.2) is 11.5 Å². The van der Waals surface area contributed by atoms with Gasteiger partial charge >= 0.3 is 0 Å². The van der Waals surface area contributed by atoms with Gasteiger partial charge in [-0.05, 0) is 12.1 Å². The predicted molar refractivity (Wildman–Crippen MR) is 74.9 cm³/mol. The smallest absolute Gasteiger partial charge is 0.238 e. The van der Waals surface area contributed by atoms with E-state index >= 15 is 0 Å². The van der Waals surface area contributed by atoms with E-state index in [0.717, 1.165) is 0 Å². The van der Waals surface area contributed by atoms with E-state index < -0.39 is 0 Å². The van der Waals surface area contributed by atoms with E-state index in [4.69, 9.17) is 14.6 Å². The summed E-state index contributed by atoms with van der Waals surface area (Å²) in [6.45, 7) is 5.02. The maximum atomic E-state index is 11.9. The zero-order chi connectivity index (χ0) is 14.4. The number of nitrogens with one attached hydrogen (secondary N) is 1. The third-order valence-corrected chi connectivity index (χ3v) is 2.83.